The summed E-state index contributed by atoms with van der Waals surface area (Å²) in [4.78, 5) is 0. The maximum atomic E-state index is 14.1. The number of benzene rings is 1. The summed E-state index contributed by atoms with van der Waals surface area (Å²) < 4.78 is 14.1. The van der Waals surface area contributed by atoms with E-state index in [1.807, 2.05) is 12.1 Å². The van der Waals surface area contributed by atoms with Crippen LogP contribution < -0.4 is 0 Å². The van der Waals surface area contributed by atoms with Gasteiger partial charge in [0.1, 0.15) is 6.17 Å². The molecule has 20 heavy (non-hydrogen) atoms. The molecule has 0 aliphatic heterocycles. The molecule has 0 aromatic heterocycles. The van der Waals surface area contributed by atoms with E-state index in [0.717, 1.165) is 44.9 Å². The molecule has 1 aliphatic rings. The predicted molar refractivity (Wildman–Crippen MR) is 80.3 cm³/mol. The fourth-order valence-corrected chi connectivity index (χ4v) is 3.28. The Morgan fingerprint density at radius 2 is 1.85 bits per heavy atom. The highest BCUT2D eigenvalue weighted by Crippen LogP contribution is 2.38. The van der Waals surface area contributed by atoms with Crippen molar-refractivity contribution in [1.29, 1.82) is 5.26 Å². The van der Waals surface area contributed by atoms with E-state index in [1.54, 1.807) is 0 Å². The minimum absolute atomic E-state index is 0.274. The molecule has 108 valence electrons. The van der Waals surface area contributed by atoms with Crippen LogP contribution in [-0.2, 0) is 0 Å². The van der Waals surface area contributed by atoms with Gasteiger partial charge in [0, 0.05) is 0 Å². The van der Waals surface area contributed by atoms with Crippen LogP contribution in [0.4, 0.5) is 4.39 Å². The minimum Gasteiger partial charge on any atom is -0.247 e. The van der Waals surface area contributed by atoms with Crippen molar-refractivity contribution >= 4 is 0 Å². The summed E-state index contributed by atoms with van der Waals surface area (Å²) in [6.45, 7) is 2.12. The van der Waals surface area contributed by atoms with Gasteiger partial charge in [-0.1, -0.05) is 31.9 Å². The first-order valence-electron chi connectivity index (χ1n) is 7.88. The lowest BCUT2D eigenvalue weighted by molar-refractivity contribution is 0.160. The molecule has 1 fully saturated rings. The van der Waals surface area contributed by atoms with E-state index in [0.29, 0.717) is 11.5 Å². The third-order valence-electron chi connectivity index (χ3n) is 4.63. The number of halogens is 1. The fraction of sp³-hybridized carbons (Fsp3) is 0.611. The molecular formula is C18H24FN. The Kier molecular flexibility index (Phi) is 5.59. The molecule has 1 aromatic rings. The topological polar surface area (TPSA) is 23.8 Å². The highest BCUT2D eigenvalue weighted by molar-refractivity contribution is 5.33. The van der Waals surface area contributed by atoms with Crippen molar-refractivity contribution in [3.8, 4) is 6.07 Å². The molecular weight excluding hydrogens is 249 g/mol. The lowest BCUT2D eigenvalue weighted by Crippen LogP contribution is -2.22. The number of rotatable bonds is 5. The average Bonchev–Trinajstić information content (AvgIpc) is 2.53. The second-order valence-corrected chi connectivity index (χ2v) is 6.00. The third-order valence-corrected chi connectivity index (χ3v) is 4.63. The second-order valence-electron chi connectivity index (χ2n) is 6.00. The maximum Gasteiger partial charge on any atom is 0.103 e. The Hall–Kier alpha value is -1.36. The van der Waals surface area contributed by atoms with E-state index >= 15 is 0 Å². The number of hydrogen-bond acceptors (Lipinski definition) is 1. The Labute approximate surface area is 121 Å². The van der Waals surface area contributed by atoms with Gasteiger partial charge in [0.05, 0.1) is 11.6 Å². The van der Waals surface area contributed by atoms with Crippen molar-refractivity contribution in [2.45, 2.75) is 64.0 Å². The molecule has 0 bridgehead atoms. The first kappa shape index (κ1) is 15.0. The van der Waals surface area contributed by atoms with Crippen LogP contribution in [0.1, 0.15) is 68.9 Å². The molecule has 1 aromatic carbocycles. The Balaban J connectivity index is 1.85. The summed E-state index contributed by atoms with van der Waals surface area (Å²) in [6, 6.07) is 10.1. The third kappa shape index (κ3) is 3.82. The summed E-state index contributed by atoms with van der Waals surface area (Å²) in [5.74, 6) is 0.827. The van der Waals surface area contributed by atoms with Gasteiger partial charge in [-0.15, -0.1) is 0 Å². The lowest BCUT2D eigenvalue weighted by Gasteiger charge is -2.30. The van der Waals surface area contributed by atoms with E-state index < -0.39 is 6.17 Å². The minimum atomic E-state index is -0.600. The lowest BCUT2D eigenvalue weighted by atomic mass is 9.76. The summed E-state index contributed by atoms with van der Waals surface area (Å²) in [7, 11) is 0. The van der Waals surface area contributed by atoms with Crippen LogP contribution in [0.25, 0.3) is 0 Å². The molecule has 0 spiro atoms. The number of nitriles is 1. The first-order valence-corrected chi connectivity index (χ1v) is 7.88. The normalized spacial score (nSPS) is 24.1. The first-order chi connectivity index (χ1) is 9.74. The fourth-order valence-electron chi connectivity index (χ4n) is 3.28. The largest absolute Gasteiger partial charge is 0.247 e. The molecule has 0 N–H and O–H groups in total. The summed E-state index contributed by atoms with van der Waals surface area (Å²) in [6.07, 6.45) is 6.43. The summed E-state index contributed by atoms with van der Waals surface area (Å²) >= 11 is 0. The van der Waals surface area contributed by atoms with Gasteiger partial charge < -0.3 is 0 Å². The zero-order chi connectivity index (χ0) is 14.4. The quantitative estimate of drug-likeness (QED) is 0.708. The molecule has 0 amide bonds. The van der Waals surface area contributed by atoms with Gasteiger partial charge in [-0.05, 0) is 61.6 Å². The summed E-state index contributed by atoms with van der Waals surface area (Å²) in [5.41, 5.74) is 2.03. The average molecular weight is 273 g/mol. The van der Waals surface area contributed by atoms with Crippen LogP contribution in [0.3, 0.4) is 0 Å². The summed E-state index contributed by atoms with van der Waals surface area (Å²) in [5, 5.41) is 8.81. The van der Waals surface area contributed by atoms with Crippen molar-refractivity contribution in [3.63, 3.8) is 0 Å². The van der Waals surface area contributed by atoms with Gasteiger partial charge in [-0.2, -0.15) is 5.26 Å². The Morgan fingerprint density at radius 1 is 1.20 bits per heavy atom. The molecule has 2 heteroatoms. The van der Waals surface area contributed by atoms with E-state index in [4.69, 9.17) is 5.26 Å². The number of unbranched alkanes of at least 4 members (excludes halogenated alkanes) is 1. The number of alkyl halides is 1. The van der Waals surface area contributed by atoms with Crippen LogP contribution in [-0.4, -0.2) is 6.17 Å². The molecule has 1 nitrogen and oxygen atoms in total. The van der Waals surface area contributed by atoms with Gasteiger partial charge in [-0.25, -0.2) is 4.39 Å². The van der Waals surface area contributed by atoms with E-state index in [2.05, 4.69) is 25.1 Å². The highest BCUT2D eigenvalue weighted by atomic mass is 19.1. The number of nitrogens with zero attached hydrogens (tertiary/aromatic N) is 1. The van der Waals surface area contributed by atoms with Gasteiger partial charge >= 0.3 is 0 Å². The predicted octanol–water partition coefficient (Wildman–Crippen LogP) is 5.36. The van der Waals surface area contributed by atoms with Crippen molar-refractivity contribution < 1.29 is 4.39 Å². The van der Waals surface area contributed by atoms with Gasteiger partial charge in [0.2, 0.25) is 0 Å². The SMILES string of the molecule is CCCCC(F)C1CCC(c2ccc(C#N)cc2)CC1. The van der Waals surface area contributed by atoms with Crippen LogP contribution in [0.5, 0.6) is 0 Å². The molecule has 2 rings (SSSR count). The molecule has 1 aliphatic carbocycles. The second kappa shape index (κ2) is 7.43. The monoisotopic (exact) mass is 273 g/mol. The number of hydrogen-bond donors (Lipinski definition) is 0. The molecule has 1 atom stereocenters. The standard InChI is InChI=1S/C18H24FN/c1-2-3-4-18(19)17-11-9-16(10-12-17)15-7-5-14(13-20)6-8-15/h5-8,16-18H,2-4,9-12H2,1H3. The van der Waals surface area contributed by atoms with Crippen LogP contribution in [0.15, 0.2) is 24.3 Å². The van der Waals surface area contributed by atoms with E-state index in [9.17, 15) is 4.39 Å². The Bertz CT molecular complexity index is 437. The molecule has 0 radical (unpaired) electrons. The van der Waals surface area contributed by atoms with Gasteiger partial charge in [0.15, 0.2) is 0 Å². The molecule has 1 unspecified atom stereocenters. The van der Waals surface area contributed by atoms with Crippen molar-refractivity contribution in [2.24, 2.45) is 5.92 Å². The van der Waals surface area contributed by atoms with Crippen LogP contribution in [0, 0.1) is 17.2 Å². The van der Waals surface area contributed by atoms with Crippen molar-refractivity contribution in [1.82, 2.24) is 0 Å². The molecule has 1 saturated carbocycles. The Morgan fingerprint density at radius 3 is 2.40 bits per heavy atom. The van der Waals surface area contributed by atoms with Crippen molar-refractivity contribution in [3.05, 3.63) is 35.4 Å². The zero-order valence-corrected chi connectivity index (χ0v) is 12.3. The molecule has 0 saturated heterocycles. The van der Waals surface area contributed by atoms with Crippen molar-refractivity contribution in [2.75, 3.05) is 0 Å². The highest BCUT2D eigenvalue weighted by Gasteiger charge is 2.27. The van der Waals surface area contributed by atoms with Gasteiger partial charge in [0.25, 0.3) is 0 Å². The van der Waals surface area contributed by atoms with E-state index in [1.165, 1.54) is 5.56 Å². The maximum absolute atomic E-state index is 14.1. The van der Waals surface area contributed by atoms with E-state index in [-0.39, 0.29) is 5.92 Å². The zero-order valence-electron chi connectivity index (χ0n) is 12.3. The van der Waals surface area contributed by atoms with Crippen LogP contribution >= 0.6 is 0 Å². The van der Waals surface area contributed by atoms with Crippen LogP contribution in [0.2, 0.25) is 0 Å². The van der Waals surface area contributed by atoms with Gasteiger partial charge in [-0.3, -0.25) is 0 Å². The smallest absolute Gasteiger partial charge is 0.103 e. The molecule has 0 heterocycles.